The van der Waals surface area contributed by atoms with Gasteiger partial charge in [0.1, 0.15) is 11.4 Å². The molecular formula is C17H20N4O2. The van der Waals surface area contributed by atoms with Crippen molar-refractivity contribution in [3.8, 4) is 11.4 Å². The molecule has 0 radical (unpaired) electrons. The molecule has 0 bridgehead atoms. The zero-order chi connectivity index (χ0) is 15.9. The lowest BCUT2D eigenvalue weighted by Crippen LogP contribution is -2.37. The Hall–Kier alpha value is -2.24. The molecule has 6 heteroatoms. The van der Waals surface area contributed by atoms with Crippen LogP contribution in [-0.4, -0.2) is 31.3 Å². The summed E-state index contributed by atoms with van der Waals surface area (Å²) in [5, 5.41) is 4.53. The molecule has 4 rings (SSSR count). The molecule has 2 aromatic heterocycles. The predicted molar refractivity (Wildman–Crippen MR) is 83.5 cm³/mol. The highest BCUT2D eigenvalue weighted by Crippen LogP contribution is 2.48. The van der Waals surface area contributed by atoms with E-state index in [-0.39, 0.29) is 17.5 Å². The van der Waals surface area contributed by atoms with Crippen molar-refractivity contribution >= 4 is 5.97 Å². The number of carbonyl (C=O) groups is 1. The molecular weight excluding hydrogens is 292 g/mol. The third kappa shape index (κ3) is 2.42. The summed E-state index contributed by atoms with van der Waals surface area (Å²) in [6, 6.07) is 3.81. The molecule has 0 amide bonds. The van der Waals surface area contributed by atoms with Gasteiger partial charge in [0.15, 0.2) is 5.82 Å². The SMILES string of the molecule is Cn1nc(-c2cccnc2)nc1C1CC(=O)OC12CCCCC2. The summed E-state index contributed by atoms with van der Waals surface area (Å²) >= 11 is 0. The van der Waals surface area contributed by atoms with E-state index in [0.717, 1.165) is 37.1 Å². The van der Waals surface area contributed by atoms with E-state index in [2.05, 4.69) is 10.1 Å². The second-order valence-corrected chi connectivity index (χ2v) is 6.52. The van der Waals surface area contributed by atoms with Gasteiger partial charge in [-0.05, 0) is 37.8 Å². The van der Waals surface area contributed by atoms with Gasteiger partial charge in [0.05, 0.1) is 12.3 Å². The lowest BCUT2D eigenvalue weighted by atomic mass is 9.75. The van der Waals surface area contributed by atoms with Gasteiger partial charge in [-0.3, -0.25) is 14.5 Å². The van der Waals surface area contributed by atoms with E-state index in [9.17, 15) is 4.79 Å². The number of rotatable bonds is 2. The highest BCUT2D eigenvalue weighted by Gasteiger charge is 2.52. The lowest BCUT2D eigenvalue weighted by molar-refractivity contribution is -0.151. The Morgan fingerprint density at radius 3 is 2.87 bits per heavy atom. The van der Waals surface area contributed by atoms with Gasteiger partial charge in [0, 0.05) is 25.0 Å². The molecule has 3 heterocycles. The van der Waals surface area contributed by atoms with Gasteiger partial charge >= 0.3 is 5.97 Å². The smallest absolute Gasteiger partial charge is 0.307 e. The maximum Gasteiger partial charge on any atom is 0.307 e. The summed E-state index contributed by atoms with van der Waals surface area (Å²) in [6.07, 6.45) is 9.18. The molecule has 2 aromatic rings. The molecule has 2 fully saturated rings. The minimum absolute atomic E-state index is 0.00165. The Morgan fingerprint density at radius 1 is 1.30 bits per heavy atom. The Kier molecular flexibility index (Phi) is 3.39. The number of hydrogen-bond donors (Lipinski definition) is 0. The minimum Gasteiger partial charge on any atom is -0.458 e. The summed E-state index contributed by atoms with van der Waals surface area (Å²) < 4.78 is 7.59. The van der Waals surface area contributed by atoms with Crippen LogP contribution in [0.25, 0.3) is 11.4 Å². The number of aryl methyl sites for hydroxylation is 1. The average molecular weight is 312 g/mol. The van der Waals surface area contributed by atoms with Crippen LogP contribution in [0, 0.1) is 0 Å². The Morgan fingerprint density at radius 2 is 2.13 bits per heavy atom. The highest BCUT2D eigenvalue weighted by molar-refractivity contribution is 5.74. The average Bonchev–Trinajstić information content (AvgIpc) is 3.09. The summed E-state index contributed by atoms with van der Waals surface area (Å²) in [5.41, 5.74) is 0.514. The van der Waals surface area contributed by atoms with Crippen LogP contribution in [-0.2, 0) is 16.6 Å². The van der Waals surface area contributed by atoms with Crippen LogP contribution >= 0.6 is 0 Å². The molecule has 120 valence electrons. The zero-order valence-electron chi connectivity index (χ0n) is 13.2. The molecule has 1 saturated carbocycles. The number of hydrogen-bond acceptors (Lipinski definition) is 5. The van der Waals surface area contributed by atoms with Crippen molar-refractivity contribution < 1.29 is 9.53 Å². The van der Waals surface area contributed by atoms with Crippen LogP contribution in [0.1, 0.15) is 50.3 Å². The van der Waals surface area contributed by atoms with Crippen LogP contribution in [0.5, 0.6) is 0 Å². The number of esters is 1. The topological polar surface area (TPSA) is 69.9 Å². The molecule has 6 nitrogen and oxygen atoms in total. The molecule has 0 N–H and O–H groups in total. The number of carbonyl (C=O) groups excluding carboxylic acids is 1. The quantitative estimate of drug-likeness (QED) is 0.797. The van der Waals surface area contributed by atoms with E-state index in [1.165, 1.54) is 6.42 Å². The second kappa shape index (κ2) is 5.44. The molecule has 0 aromatic carbocycles. The highest BCUT2D eigenvalue weighted by atomic mass is 16.6. The lowest BCUT2D eigenvalue weighted by Gasteiger charge is -2.36. The number of pyridine rings is 1. The molecule has 1 unspecified atom stereocenters. The first-order chi connectivity index (χ1) is 11.2. The largest absolute Gasteiger partial charge is 0.458 e. The Balaban J connectivity index is 1.72. The zero-order valence-corrected chi connectivity index (χ0v) is 13.2. The fraction of sp³-hybridized carbons (Fsp3) is 0.529. The van der Waals surface area contributed by atoms with Crippen LogP contribution < -0.4 is 0 Å². The normalized spacial score (nSPS) is 23.2. The van der Waals surface area contributed by atoms with E-state index in [0.29, 0.717) is 12.2 Å². The monoisotopic (exact) mass is 312 g/mol. The van der Waals surface area contributed by atoms with Crippen LogP contribution in [0.4, 0.5) is 0 Å². The maximum absolute atomic E-state index is 12.0. The van der Waals surface area contributed by atoms with Crippen LogP contribution in [0.2, 0.25) is 0 Å². The first kappa shape index (κ1) is 14.4. The Bertz CT molecular complexity index is 719. The number of nitrogens with zero attached hydrogens (tertiary/aromatic N) is 4. The molecule has 1 aliphatic heterocycles. The third-order valence-electron chi connectivity index (χ3n) is 5.05. The predicted octanol–water partition coefficient (Wildman–Crippen LogP) is 2.61. The second-order valence-electron chi connectivity index (χ2n) is 6.52. The van der Waals surface area contributed by atoms with Crippen molar-refractivity contribution in [2.75, 3.05) is 0 Å². The van der Waals surface area contributed by atoms with Crippen LogP contribution in [0.15, 0.2) is 24.5 Å². The van der Waals surface area contributed by atoms with Crippen molar-refractivity contribution in [1.82, 2.24) is 19.7 Å². The van der Waals surface area contributed by atoms with Gasteiger partial charge in [0.25, 0.3) is 0 Å². The van der Waals surface area contributed by atoms with Gasteiger partial charge in [-0.1, -0.05) is 6.42 Å². The van der Waals surface area contributed by atoms with Crippen molar-refractivity contribution in [1.29, 1.82) is 0 Å². The molecule has 1 atom stereocenters. The summed E-state index contributed by atoms with van der Waals surface area (Å²) in [6.45, 7) is 0. The van der Waals surface area contributed by atoms with Crippen molar-refractivity contribution in [3.63, 3.8) is 0 Å². The van der Waals surface area contributed by atoms with Gasteiger partial charge < -0.3 is 4.74 Å². The maximum atomic E-state index is 12.0. The minimum atomic E-state index is -0.373. The van der Waals surface area contributed by atoms with Gasteiger partial charge in [-0.25, -0.2) is 4.98 Å². The van der Waals surface area contributed by atoms with E-state index in [1.807, 2.05) is 19.2 Å². The van der Waals surface area contributed by atoms with Crippen molar-refractivity contribution in [3.05, 3.63) is 30.4 Å². The van der Waals surface area contributed by atoms with Gasteiger partial charge in [-0.2, -0.15) is 5.10 Å². The standard InChI is InChI=1S/C17H20N4O2/c1-21-16(19-15(20-21)12-6-5-9-18-11-12)13-10-14(22)23-17(13)7-3-2-4-8-17/h5-6,9,11,13H,2-4,7-8,10H2,1H3. The first-order valence-electron chi connectivity index (χ1n) is 8.21. The summed E-state index contributed by atoms with van der Waals surface area (Å²) in [5.74, 6) is 1.39. The molecule has 2 aliphatic rings. The van der Waals surface area contributed by atoms with Gasteiger partial charge in [-0.15, -0.1) is 0 Å². The third-order valence-corrected chi connectivity index (χ3v) is 5.05. The van der Waals surface area contributed by atoms with Gasteiger partial charge in [0.2, 0.25) is 0 Å². The molecule has 1 spiro atoms. The first-order valence-corrected chi connectivity index (χ1v) is 8.21. The van der Waals surface area contributed by atoms with Crippen molar-refractivity contribution in [2.45, 2.75) is 50.0 Å². The molecule has 1 aliphatic carbocycles. The van der Waals surface area contributed by atoms with Crippen LogP contribution in [0.3, 0.4) is 0 Å². The van der Waals surface area contributed by atoms with E-state index in [1.54, 1.807) is 17.1 Å². The summed E-state index contributed by atoms with van der Waals surface area (Å²) in [7, 11) is 1.89. The fourth-order valence-corrected chi connectivity index (χ4v) is 3.94. The molecule has 23 heavy (non-hydrogen) atoms. The number of ether oxygens (including phenoxy) is 1. The number of aromatic nitrogens is 4. The summed E-state index contributed by atoms with van der Waals surface area (Å²) in [4.78, 5) is 20.8. The molecule has 1 saturated heterocycles. The van der Waals surface area contributed by atoms with E-state index >= 15 is 0 Å². The van der Waals surface area contributed by atoms with E-state index in [4.69, 9.17) is 9.72 Å². The van der Waals surface area contributed by atoms with Crippen molar-refractivity contribution in [2.24, 2.45) is 7.05 Å². The Labute approximate surface area is 134 Å². The fourth-order valence-electron chi connectivity index (χ4n) is 3.94. The van der Waals surface area contributed by atoms with E-state index < -0.39 is 0 Å².